The van der Waals surface area contributed by atoms with Gasteiger partial charge in [0.05, 0.1) is 37.5 Å². The van der Waals surface area contributed by atoms with E-state index in [2.05, 4.69) is 5.32 Å². The lowest BCUT2D eigenvalue weighted by Crippen LogP contribution is -2.42. The van der Waals surface area contributed by atoms with E-state index in [4.69, 9.17) is 9.47 Å². The van der Waals surface area contributed by atoms with Crippen LogP contribution in [0.3, 0.4) is 0 Å². The average Bonchev–Trinajstić information content (AvgIpc) is 2.51. The molecule has 3 atom stereocenters. The molecule has 1 aliphatic rings. The lowest BCUT2D eigenvalue weighted by Gasteiger charge is -2.31. The minimum absolute atomic E-state index is 0.00637. The summed E-state index contributed by atoms with van der Waals surface area (Å²) in [5, 5.41) is 3.37. The molecular weight excluding hydrogens is 307 g/mol. The first kappa shape index (κ1) is 18.2. The second kappa shape index (κ2) is 7.64. The third-order valence-electron chi connectivity index (χ3n) is 4.08. The van der Waals surface area contributed by atoms with Gasteiger partial charge in [0.25, 0.3) is 0 Å². The van der Waals surface area contributed by atoms with Crippen molar-refractivity contribution >= 4 is 0 Å². The van der Waals surface area contributed by atoms with E-state index in [1.165, 1.54) is 12.1 Å². The fourth-order valence-electron chi connectivity index (χ4n) is 2.58. The molecule has 3 nitrogen and oxygen atoms in total. The lowest BCUT2D eigenvalue weighted by molar-refractivity contribution is -0.137. The van der Waals surface area contributed by atoms with Crippen molar-refractivity contribution in [2.45, 2.75) is 58.2 Å². The number of ether oxygens (including phenoxy) is 2. The van der Waals surface area contributed by atoms with Gasteiger partial charge in [-0.1, -0.05) is 13.0 Å². The highest BCUT2D eigenvalue weighted by molar-refractivity contribution is 5.35. The SMILES string of the molecule is CCC(C)OCc1cc(C(F)(F)F)ccc1[C@H]1COC[C@@H](C)N1. The molecule has 0 amide bonds. The van der Waals surface area contributed by atoms with Crippen LogP contribution in [0.4, 0.5) is 13.2 Å². The normalized spacial score (nSPS) is 23.7. The van der Waals surface area contributed by atoms with Crippen molar-refractivity contribution in [3.05, 3.63) is 34.9 Å². The molecule has 1 aliphatic heterocycles. The zero-order valence-corrected chi connectivity index (χ0v) is 13.7. The molecule has 1 unspecified atom stereocenters. The summed E-state index contributed by atoms with van der Waals surface area (Å²) in [4.78, 5) is 0. The number of alkyl halides is 3. The first-order valence-corrected chi connectivity index (χ1v) is 7.96. The van der Waals surface area contributed by atoms with Gasteiger partial charge in [-0.2, -0.15) is 13.2 Å². The quantitative estimate of drug-likeness (QED) is 0.882. The Bertz CT molecular complexity index is 519. The molecule has 1 saturated heterocycles. The minimum atomic E-state index is -4.35. The van der Waals surface area contributed by atoms with Crippen LogP contribution in [-0.2, 0) is 22.3 Å². The summed E-state index contributed by atoms with van der Waals surface area (Å²) in [7, 11) is 0. The minimum Gasteiger partial charge on any atom is -0.378 e. The van der Waals surface area contributed by atoms with Crippen molar-refractivity contribution < 1.29 is 22.6 Å². The highest BCUT2D eigenvalue weighted by Crippen LogP contribution is 2.33. The molecule has 0 aliphatic carbocycles. The molecule has 2 rings (SSSR count). The molecule has 23 heavy (non-hydrogen) atoms. The number of rotatable bonds is 5. The lowest BCUT2D eigenvalue weighted by atomic mass is 9.97. The summed E-state index contributed by atoms with van der Waals surface area (Å²) in [6.45, 7) is 7.11. The van der Waals surface area contributed by atoms with Crippen molar-refractivity contribution in [3.8, 4) is 0 Å². The molecule has 0 bridgehead atoms. The van der Waals surface area contributed by atoms with Crippen LogP contribution in [0.25, 0.3) is 0 Å². The van der Waals surface area contributed by atoms with Gasteiger partial charge in [-0.3, -0.25) is 0 Å². The van der Waals surface area contributed by atoms with Gasteiger partial charge in [-0.15, -0.1) is 0 Å². The van der Waals surface area contributed by atoms with Gasteiger partial charge in [-0.05, 0) is 43.5 Å². The first-order valence-electron chi connectivity index (χ1n) is 7.96. The maximum absolute atomic E-state index is 13.0. The van der Waals surface area contributed by atoms with E-state index in [1.54, 1.807) is 0 Å². The fraction of sp³-hybridized carbons (Fsp3) is 0.647. The van der Waals surface area contributed by atoms with Gasteiger partial charge in [-0.25, -0.2) is 0 Å². The zero-order valence-electron chi connectivity index (χ0n) is 13.7. The van der Waals surface area contributed by atoms with Crippen molar-refractivity contribution in [3.63, 3.8) is 0 Å². The van der Waals surface area contributed by atoms with Gasteiger partial charge in [0.15, 0.2) is 0 Å². The molecule has 0 radical (unpaired) electrons. The van der Waals surface area contributed by atoms with Crippen LogP contribution in [-0.4, -0.2) is 25.4 Å². The maximum atomic E-state index is 13.0. The van der Waals surface area contributed by atoms with E-state index < -0.39 is 11.7 Å². The Morgan fingerprint density at radius 2 is 2.09 bits per heavy atom. The Kier molecular flexibility index (Phi) is 6.06. The third kappa shape index (κ3) is 4.93. The van der Waals surface area contributed by atoms with Crippen LogP contribution in [0.15, 0.2) is 18.2 Å². The zero-order chi connectivity index (χ0) is 17.0. The van der Waals surface area contributed by atoms with E-state index in [1.807, 2.05) is 20.8 Å². The Morgan fingerprint density at radius 3 is 2.70 bits per heavy atom. The maximum Gasteiger partial charge on any atom is 0.416 e. The fourth-order valence-corrected chi connectivity index (χ4v) is 2.58. The van der Waals surface area contributed by atoms with E-state index in [0.29, 0.717) is 18.8 Å². The van der Waals surface area contributed by atoms with E-state index in [9.17, 15) is 13.2 Å². The van der Waals surface area contributed by atoms with Crippen LogP contribution in [0.5, 0.6) is 0 Å². The van der Waals surface area contributed by atoms with Crippen molar-refractivity contribution in [1.29, 1.82) is 0 Å². The number of halogens is 3. The Hall–Kier alpha value is -1.11. The molecule has 0 saturated carbocycles. The number of morpholine rings is 1. The Morgan fingerprint density at radius 1 is 1.35 bits per heavy atom. The van der Waals surface area contributed by atoms with Crippen LogP contribution in [0, 0.1) is 0 Å². The molecule has 1 heterocycles. The standard InChI is InChI=1S/C17H24F3NO2/c1-4-12(3)23-9-13-7-14(17(18,19)20)5-6-15(13)16-10-22-8-11(2)21-16/h5-7,11-12,16,21H,4,8-10H2,1-3H3/t11-,12?,16-/m1/s1. The molecule has 0 aromatic heterocycles. The van der Waals surface area contributed by atoms with Gasteiger partial charge in [0.2, 0.25) is 0 Å². The second-order valence-corrected chi connectivity index (χ2v) is 6.10. The Balaban J connectivity index is 2.28. The topological polar surface area (TPSA) is 30.5 Å². The highest BCUT2D eigenvalue weighted by Gasteiger charge is 2.32. The molecule has 0 spiro atoms. The summed E-state index contributed by atoms with van der Waals surface area (Å²) in [5.74, 6) is 0. The second-order valence-electron chi connectivity index (χ2n) is 6.10. The number of nitrogens with one attached hydrogen (secondary N) is 1. The van der Waals surface area contributed by atoms with Crippen molar-refractivity contribution in [2.24, 2.45) is 0 Å². The summed E-state index contributed by atoms with van der Waals surface area (Å²) in [5.41, 5.74) is 0.733. The molecule has 1 aromatic rings. The highest BCUT2D eigenvalue weighted by atomic mass is 19.4. The average molecular weight is 331 g/mol. The monoisotopic (exact) mass is 331 g/mol. The molecular formula is C17H24F3NO2. The van der Waals surface area contributed by atoms with Gasteiger partial charge >= 0.3 is 6.18 Å². The summed E-state index contributed by atoms with van der Waals surface area (Å²) < 4.78 is 50.2. The smallest absolute Gasteiger partial charge is 0.378 e. The van der Waals surface area contributed by atoms with Gasteiger partial charge in [0.1, 0.15) is 0 Å². The molecule has 1 fully saturated rings. The Labute approximate surface area is 135 Å². The summed E-state index contributed by atoms with van der Waals surface area (Å²) in [6, 6.07) is 3.91. The molecule has 1 N–H and O–H groups in total. The van der Waals surface area contributed by atoms with Gasteiger partial charge in [0, 0.05) is 6.04 Å². The van der Waals surface area contributed by atoms with Crippen LogP contribution < -0.4 is 5.32 Å². The first-order chi connectivity index (χ1) is 10.8. The van der Waals surface area contributed by atoms with Gasteiger partial charge < -0.3 is 14.8 Å². The van der Waals surface area contributed by atoms with Crippen LogP contribution in [0.2, 0.25) is 0 Å². The summed E-state index contributed by atoms with van der Waals surface area (Å²) >= 11 is 0. The van der Waals surface area contributed by atoms with E-state index in [-0.39, 0.29) is 24.8 Å². The summed E-state index contributed by atoms with van der Waals surface area (Å²) in [6.07, 6.45) is -3.53. The number of hydrogen-bond donors (Lipinski definition) is 1. The third-order valence-corrected chi connectivity index (χ3v) is 4.08. The molecule has 130 valence electrons. The van der Waals surface area contributed by atoms with E-state index >= 15 is 0 Å². The number of hydrogen-bond acceptors (Lipinski definition) is 3. The predicted molar refractivity (Wildman–Crippen MR) is 82.1 cm³/mol. The number of benzene rings is 1. The molecule has 6 heteroatoms. The van der Waals surface area contributed by atoms with Crippen LogP contribution in [0.1, 0.15) is 49.9 Å². The predicted octanol–water partition coefficient (Wildman–Crippen LogP) is 4.07. The largest absolute Gasteiger partial charge is 0.416 e. The molecule has 1 aromatic carbocycles. The van der Waals surface area contributed by atoms with E-state index in [0.717, 1.165) is 18.1 Å². The van der Waals surface area contributed by atoms with Crippen molar-refractivity contribution in [1.82, 2.24) is 5.32 Å². The van der Waals surface area contributed by atoms with Crippen molar-refractivity contribution in [2.75, 3.05) is 13.2 Å². The van der Waals surface area contributed by atoms with Crippen LogP contribution >= 0.6 is 0 Å².